The van der Waals surface area contributed by atoms with Crippen LogP contribution in [0.25, 0.3) is 0 Å². The van der Waals surface area contributed by atoms with Gasteiger partial charge in [0.25, 0.3) is 0 Å². The van der Waals surface area contributed by atoms with E-state index in [0.29, 0.717) is 0 Å². The minimum atomic E-state index is -1.85. The second-order valence-corrected chi connectivity index (χ2v) is 20.4. The molecule has 4 nitrogen and oxygen atoms in total. The predicted octanol–water partition coefficient (Wildman–Crippen LogP) is 6.20. The second kappa shape index (κ2) is 8.05. The van der Waals surface area contributed by atoms with Crippen LogP contribution >= 0.6 is 0 Å². The van der Waals surface area contributed by atoms with Gasteiger partial charge in [0.15, 0.2) is 16.6 Å². The van der Waals surface area contributed by atoms with Gasteiger partial charge in [-0.3, -0.25) is 0 Å². The highest BCUT2D eigenvalue weighted by Crippen LogP contribution is 2.42. The Labute approximate surface area is 164 Å². The molecule has 1 fully saturated rings. The zero-order chi connectivity index (χ0) is 20.6. The van der Waals surface area contributed by atoms with E-state index >= 15 is 0 Å². The second-order valence-electron chi connectivity index (χ2n) is 10.9. The van der Waals surface area contributed by atoms with Gasteiger partial charge in [-0.05, 0) is 42.7 Å². The van der Waals surface area contributed by atoms with Crippen LogP contribution in [0.15, 0.2) is 5.16 Å². The summed E-state index contributed by atoms with van der Waals surface area (Å²) in [6.45, 7) is 25.3. The number of hydrogen-bond donors (Lipinski definition) is 0. The molecule has 0 heterocycles. The molecule has 3 atom stereocenters. The van der Waals surface area contributed by atoms with Crippen molar-refractivity contribution in [2.45, 2.75) is 110 Å². The molecule has 1 aliphatic rings. The van der Waals surface area contributed by atoms with E-state index in [1.807, 2.05) is 0 Å². The van der Waals surface area contributed by atoms with Crippen molar-refractivity contribution in [1.29, 1.82) is 0 Å². The number of rotatable bonds is 5. The van der Waals surface area contributed by atoms with Crippen molar-refractivity contribution in [3.63, 3.8) is 0 Å². The lowest BCUT2D eigenvalue weighted by Crippen LogP contribution is -2.52. The van der Waals surface area contributed by atoms with E-state index in [4.69, 9.17) is 13.7 Å². The van der Waals surface area contributed by atoms with Gasteiger partial charge in [0.2, 0.25) is 0 Å². The summed E-state index contributed by atoms with van der Waals surface area (Å²) in [7, 11) is -2.06. The summed E-state index contributed by atoms with van der Waals surface area (Å²) in [5.41, 5.74) is 1.08. The zero-order valence-corrected chi connectivity index (χ0v) is 21.3. The molecule has 0 aromatic carbocycles. The van der Waals surface area contributed by atoms with E-state index in [-0.39, 0.29) is 28.2 Å². The fraction of sp³-hybridized carbons (Fsp3) is 0.950. The molecule has 0 saturated heterocycles. The van der Waals surface area contributed by atoms with E-state index in [0.717, 1.165) is 18.6 Å². The van der Waals surface area contributed by atoms with Crippen molar-refractivity contribution in [3.05, 3.63) is 0 Å². The summed E-state index contributed by atoms with van der Waals surface area (Å²) in [6.07, 6.45) is 2.10. The SMILES string of the molecule is CO/N=C1\C[C@@H](O[Si](C)(C)C(C)(C)C)C[C@H](O[Si](C)(C)C(C)(C)C)C1C. The largest absolute Gasteiger partial charge is 0.413 e. The van der Waals surface area contributed by atoms with Gasteiger partial charge in [-0.15, -0.1) is 0 Å². The van der Waals surface area contributed by atoms with Gasteiger partial charge in [0.1, 0.15) is 7.11 Å². The molecule has 0 radical (unpaired) electrons. The molecule has 0 spiro atoms. The molecule has 154 valence electrons. The molecule has 6 heteroatoms. The normalized spacial score (nSPS) is 27.7. The average Bonchev–Trinajstić information content (AvgIpc) is 2.40. The molecule has 1 unspecified atom stereocenters. The van der Waals surface area contributed by atoms with Crippen LogP contribution in [-0.4, -0.2) is 41.7 Å². The van der Waals surface area contributed by atoms with Gasteiger partial charge in [0, 0.05) is 12.3 Å². The average molecular weight is 402 g/mol. The van der Waals surface area contributed by atoms with Crippen LogP contribution in [-0.2, 0) is 13.7 Å². The van der Waals surface area contributed by atoms with Gasteiger partial charge in [-0.25, -0.2) is 0 Å². The van der Waals surface area contributed by atoms with Crippen molar-refractivity contribution in [2.24, 2.45) is 11.1 Å². The quantitative estimate of drug-likeness (QED) is 0.407. The lowest BCUT2D eigenvalue weighted by atomic mass is 9.84. The number of oxime groups is 1. The van der Waals surface area contributed by atoms with Crippen molar-refractivity contribution in [2.75, 3.05) is 7.11 Å². The first-order valence-corrected chi connectivity index (χ1v) is 15.8. The van der Waals surface area contributed by atoms with Crippen LogP contribution in [0.3, 0.4) is 0 Å². The maximum absolute atomic E-state index is 6.80. The Morgan fingerprint density at radius 1 is 0.885 bits per heavy atom. The Balaban J connectivity index is 3.06. The molecular formula is C20H43NO3Si2. The topological polar surface area (TPSA) is 40.0 Å². The third-order valence-corrected chi connectivity index (χ3v) is 15.8. The summed E-state index contributed by atoms with van der Waals surface area (Å²) in [5.74, 6) is 0.267. The summed E-state index contributed by atoms with van der Waals surface area (Å²) >= 11 is 0. The van der Waals surface area contributed by atoms with Crippen LogP contribution in [0.1, 0.15) is 61.3 Å². The van der Waals surface area contributed by atoms with E-state index in [2.05, 4.69) is 79.8 Å². The van der Waals surface area contributed by atoms with E-state index in [9.17, 15) is 0 Å². The van der Waals surface area contributed by atoms with Crippen molar-refractivity contribution in [1.82, 2.24) is 0 Å². The first kappa shape index (κ1) is 23.9. The highest BCUT2D eigenvalue weighted by Gasteiger charge is 2.46. The van der Waals surface area contributed by atoms with Gasteiger partial charge in [0.05, 0.1) is 17.9 Å². The predicted molar refractivity (Wildman–Crippen MR) is 117 cm³/mol. The Kier molecular flexibility index (Phi) is 7.39. The molecule has 0 N–H and O–H groups in total. The van der Waals surface area contributed by atoms with Crippen molar-refractivity contribution in [3.8, 4) is 0 Å². The third kappa shape index (κ3) is 5.66. The summed E-state index contributed by atoms with van der Waals surface area (Å²) < 4.78 is 13.5. The Bertz CT molecular complexity index is 504. The van der Waals surface area contributed by atoms with E-state index in [1.165, 1.54) is 0 Å². The maximum Gasteiger partial charge on any atom is 0.192 e. The first-order chi connectivity index (χ1) is 11.5. The van der Waals surface area contributed by atoms with Crippen molar-refractivity contribution >= 4 is 22.3 Å². The minimum Gasteiger partial charge on any atom is -0.413 e. The van der Waals surface area contributed by atoms with Crippen molar-refractivity contribution < 1.29 is 13.7 Å². The van der Waals surface area contributed by atoms with Crippen LogP contribution in [0, 0.1) is 5.92 Å². The number of hydrogen-bond acceptors (Lipinski definition) is 4. The Morgan fingerprint density at radius 3 is 1.77 bits per heavy atom. The molecule has 0 aliphatic heterocycles. The molecule has 1 aliphatic carbocycles. The van der Waals surface area contributed by atoms with Crippen LogP contribution in [0.2, 0.25) is 36.3 Å². The van der Waals surface area contributed by atoms with Crippen LogP contribution in [0.4, 0.5) is 0 Å². The van der Waals surface area contributed by atoms with Gasteiger partial charge < -0.3 is 13.7 Å². The molecule has 0 amide bonds. The molecular weight excluding hydrogens is 358 g/mol. The van der Waals surface area contributed by atoms with E-state index < -0.39 is 16.6 Å². The fourth-order valence-electron chi connectivity index (χ4n) is 2.81. The standard InChI is InChI=1S/C20H43NO3Si2/c1-15-17(21-22-8)13-16(23-25(9,10)19(2,3)4)14-18(15)24-26(11,12)20(5,6)7/h15-16,18H,13-14H2,1-12H3/b21-17+/t15?,16-,18+/m1/s1. The van der Waals surface area contributed by atoms with Gasteiger partial charge in [-0.1, -0.05) is 53.6 Å². The fourth-order valence-corrected chi connectivity index (χ4v) is 5.58. The highest BCUT2D eigenvalue weighted by molar-refractivity contribution is 6.74. The molecule has 1 rings (SSSR count). The van der Waals surface area contributed by atoms with Gasteiger partial charge >= 0.3 is 0 Å². The van der Waals surface area contributed by atoms with Gasteiger partial charge in [-0.2, -0.15) is 0 Å². The highest BCUT2D eigenvalue weighted by atomic mass is 28.4. The van der Waals surface area contributed by atoms with Crippen LogP contribution < -0.4 is 0 Å². The molecule has 0 aromatic heterocycles. The summed E-state index contributed by atoms with van der Waals surface area (Å²) in [5, 5.41) is 4.73. The van der Waals surface area contributed by atoms with E-state index in [1.54, 1.807) is 7.11 Å². The third-order valence-electron chi connectivity index (χ3n) is 6.74. The summed E-state index contributed by atoms with van der Waals surface area (Å²) in [6, 6.07) is 0. The Hall–Kier alpha value is -0.176. The molecule has 26 heavy (non-hydrogen) atoms. The lowest BCUT2D eigenvalue weighted by Gasteiger charge is -2.46. The molecule has 0 bridgehead atoms. The Morgan fingerprint density at radius 2 is 1.35 bits per heavy atom. The lowest BCUT2D eigenvalue weighted by molar-refractivity contribution is 0.0606. The maximum atomic E-state index is 6.80. The summed E-state index contributed by atoms with van der Waals surface area (Å²) in [4.78, 5) is 5.14. The van der Waals surface area contributed by atoms with Crippen LogP contribution in [0.5, 0.6) is 0 Å². The monoisotopic (exact) mass is 401 g/mol. The first-order valence-electron chi connectivity index (χ1n) is 9.97. The smallest absolute Gasteiger partial charge is 0.192 e. The zero-order valence-electron chi connectivity index (χ0n) is 19.3. The minimum absolute atomic E-state index is 0.147. The molecule has 1 saturated carbocycles. The number of nitrogens with zero attached hydrogens (tertiary/aromatic N) is 1. The molecule has 0 aromatic rings.